The van der Waals surface area contributed by atoms with Gasteiger partial charge in [0.1, 0.15) is 18.1 Å². The number of benzene rings is 2. The first-order valence-corrected chi connectivity index (χ1v) is 9.57. The minimum atomic E-state index is -0.124. The van der Waals surface area contributed by atoms with Crippen LogP contribution in [0.1, 0.15) is 35.7 Å². The van der Waals surface area contributed by atoms with E-state index in [1.165, 1.54) is 0 Å². The van der Waals surface area contributed by atoms with Crippen LogP contribution in [0.25, 0.3) is 0 Å². The topological polar surface area (TPSA) is 56.8 Å². The number of hydrogen-bond acceptors (Lipinski definition) is 4. The van der Waals surface area contributed by atoms with E-state index in [0.29, 0.717) is 41.8 Å². The monoisotopic (exact) mass is 389 g/mol. The van der Waals surface area contributed by atoms with E-state index < -0.39 is 0 Å². The van der Waals surface area contributed by atoms with Crippen molar-refractivity contribution in [3.05, 3.63) is 58.6 Å². The fraction of sp³-hybridized carbons (Fsp3) is 0.381. The van der Waals surface area contributed by atoms with Gasteiger partial charge in [-0.2, -0.15) is 0 Å². The van der Waals surface area contributed by atoms with Crippen molar-refractivity contribution >= 4 is 17.5 Å². The van der Waals surface area contributed by atoms with Crippen LogP contribution in [0, 0.1) is 0 Å². The second kappa shape index (κ2) is 9.62. The number of amides is 1. The molecule has 144 valence electrons. The summed E-state index contributed by atoms with van der Waals surface area (Å²) in [5.74, 6) is 1.29. The van der Waals surface area contributed by atoms with Gasteiger partial charge >= 0.3 is 0 Å². The number of carbonyl (C=O) groups excluding carboxylic acids is 1. The molecule has 3 rings (SSSR count). The van der Waals surface area contributed by atoms with Crippen molar-refractivity contribution in [3.8, 4) is 11.5 Å². The zero-order valence-corrected chi connectivity index (χ0v) is 16.1. The zero-order valence-electron chi connectivity index (χ0n) is 15.4. The lowest BCUT2D eigenvalue weighted by molar-refractivity contribution is 0.0857. The molecule has 1 aliphatic rings. The van der Waals surface area contributed by atoms with Crippen LogP contribution in [0.3, 0.4) is 0 Å². The highest BCUT2D eigenvalue weighted by Crippen LogP contribution is 2.24. The summed E-state index contributed by atoms with van der Waals surface area (Å²) < 4.78 is 17.0. The molecule has 0 spiro atoms. The van der Waals surface area contributed by atoms with Crippen LogP contribution in [-0.2, 0) is 11.3 Å². The summed E-state index contributed by atoms with van der Waals surface area (Å²) in [6.45, 7) is 4.06. The van der Waals surface area contributed by atoms with Crippen LogP contribution in [-0.4, -0.2) is 31.8 Å². The van der Waals surface area contributed by atoms with Gasteiger partial charge in [-0.1, -0.05) is 11.6 Å². The van der Waals surface area contributed by atoms with E-state index in [1.54, 1.807) is 30.3 Å². The summed E-state index contributed by atoms with van der Waals surface area (Å²) in [5, 5.41) is 3.59. The summed E-state index contributed by atoms with van der Waals surface area (Å²) >= 11 is 5.90. The number of hydrogen-bond donors (Lipinski definition) is 1. The Bertz CT molecular complexity index is 757. The molecule has 0 radical (unpaired) electrons. The van der Waals surface area contributed by atoms with E-state index in [-0.39, 0.29) is 12.0 Å². The molecule has 27 heavy (non-hydrogen) atoms. The summed E-state index contributed by atoms with van der Waals surface area (Å²) in [6, 6.07) is 12.5. The average Bonchev–Trinajstić information content (AvgIpc) is 3.20. The molecular formula is C21H24ClNO4. The smallest absolute Gasteiger partial charge is 0.251 e. The van der Waals surface area contributed by atoms with E-state index in [0.717, 1.165) is 25.0 Å². The van der Waals surface area contributed by atoms with Gasteiger partial charge in [-0.15, -0.1) is 0 Å². The molecule has 1 saturated heterocycles. The third-order valence-corrected chi connectivity index (χ3v) is 4.60. The molecule has 1 heterocycles. The molecule has 0 saturated carbocycles. The Kier molecular flexibility index (Phi) is 6.96. The molecule has 0 aromatic heterocycles. The highest BCUT2D eigenvalue weighted by molar-refractivity contribution is 6.30. The van der Waals surface area contributed by atoms with Gasteiger partial charge in [0.2, 0.25) is 0 Å². The number of ether oxygens (including phenoxy) is 3. The predicted molar refractivity (Wildman–Crippen MR) is 105 cm³/mol. The van der Waals surface area contributed by atoms with E-state index >= 15 is 0 Å². The van der Waals surface area contributed by atoms with Crippen LogP contribution >= 0.6 is 11.6 Å². The molecule has 1 atom stereocenters. The van der Waals surface area contributed by atoms with E-state index in [2.05, 4.69) is 5.32 Å². The van der Waals surface area contributed by atoms with Crippen LogP contribution in [0.2, 0.25) is 5.02 Å². The summed E-state index contributed by atoms with van der Waals surface area (Å²) in [5.41, 5.74) is 1.39. The maximum atomic E-state index is 12.5. The van der Waals surface area contributed by atoms with Gasteiger partial charge in [0, 0.05) is 29.3 Å². The SMILES string of the molecule is CCOc1ccc(C(=O)NCC2CCCO2)cc1COc1ccc(Cl)cc1. The molecule has 2 aromatic rings. The Morgan fingerprint density at radius 2 is 2.04 bits per heavy atom. The quantitative estimate of drug-likeness (QED) is 0.734. The molecule has 1 N–H and O–H groups in total. The number of carbonyl (C=O) groups is 1. The van der Waals surface area contributed by atoms with Gasteiger partial charge < -0.3 is 19.5 Å². The Morgan fingerprint density at radius 3 is 2.74 bits per heavy atom. The van der Waals surface area contributed by atoms with Crippen LogP contribution in [0.4, 0.5) is 0 Å². The van der Waals surface area contributed by atoms with Crippen LogP contribution < -0.4 is 14.8 Å². The standard InChI is InChI=1S/C21H24ClNO4/c1-2-25-20-10-5-15(21(24)23-13-19-4-3-11-26-19)12-16(20)14-27-18-8-6-17(22)7-9-18/h5-10,12,19H,2-4,11,13-14H2,1H3,(H,23,24). The molecule has 0 bridgehead atoms. The van der Waals surface area contributed by atoms with Crippen molar-refractivity contribution in [2.75, 3.05) is 19.8 Å². The number of rotatable bonds is 8. The summed E-state index contributed by atoms with van der Waals surface area (Å²) in [7, 11) is 0. The Labute approximate surface area is 164 Å². The first-order chi connectivity index (χ1) is 13.2. The largest absolute Gasteiger partial charge is 0.493 e. The lowest BCUT2D eigenvalue weighted by Gasteiger charge is -2.14. The van der Waals surface area contributed by atoms with Crippen molar-refractivity contribution in [1.29, 1.82) is 0 Å². The van der Waals surface area contributed by atoms with Crippen molar-refractivity contribution in [2.45, 2.75) is 32.5 Å². The van der Waals surface area contributed by atoms with Crippen LogP contribution in [0.15, 0.2) is 42.5 Å². The predicted octanol–water partition coefficient (Wildman–Crippen LogP) is 4.23. The molecule has 2 aromatic carbocycles. The Hall–Kier alpha value is -2.24. The van der Waals surface area contributed by atoms with Gasteiger partial charge in [0.05, 0.1) is 12.7 Å². The molecule has 1 unspecified atom stereocenters. The second-order valence-electron chi connectivity index (χ2n) is 6.34. The van der Waals surface area contributed by atoms with Gasteiger partial charge in [-0.25, -0.2) is 0 Å². The minimum absolute atomic E-state index is 0.115. The molecule has 5 nitrogen and oxygen atoms in total. The van der Waals surface area contributed by atoms with Gasteiger partial charge in [0.15, 0.2) is 0 Å². The number of halogens is 1. The first kappa shape index (κ1) is 19.5. The van der Waals surface area contributed by atoms with Crippen molar-refractivity contribution < 1.29 is 19.0 Å². The van der Waals surface area contributed by atoms with Crippen molar-refractivity contribution in [3.63, 3.8) is 0 Å². The first-order valence-electron chi connectivity index (χ1n) is 9.19. The van der Waals surface area contributed by atoms with E-state index in [1.807, 2.05) is 19.1 Å². The minimum Gasteiger partial charge on any atom is -0.493 e. The van der Waals surface area contributed by atoms with Gasteiger partial charge in [-0.05, 0) is 62.2 Å². The van der Waals surface area contributed by atoms with Crippen LogP contribution in [0.5, 0.6) is 11.5 Å². The van der Waals surface area contributed by atoms with Crippen molar-refractivity contribution in [2.24, 2.45) is 0 Å². The zero-order chi connectivity index (χ0) is 19.1. The highest BCUT2D eigenvalue weighted by Gasteiger charge is 2.17. The molecule has 0 aliphatic carbocycles. The summed E-state index contributed by atoms with van der Waals surface area (Å²) in [6.07, 6.45) is 2.16. The maximum absolute atomic E-state index is 12.5. The number of nitrogens with one attached hydrogen (secondary N) is 1. The molecule has 1 fully saturated rings. The van der Waals surface area contributed by atoms with Gasteiger partial charge in [0.25, 0.3) is 5.91 Å². The third kappa shape index (κ3) is 5.62. The highest BCUT2D eigenvalue weighted by atomic mass is 35.5. The fourth-order valence-electron chi connectivity index (χ4n) is 2.94. The molecule has 1 aliphatic heterocycles. The van der Waals surface area contributed by atoms with E-state index in [9.17, 15) is 4.79 Å². The van der Waals surface area contributed by atoms with Gasteiger partial charge in [-0.3, -0.25) is 4.79 Å². The lowest BCUT2D eigenvalue weighted by atomic mass is 10.1. The van der Waals surface area contributed by atoms with Crippen molar-refractivity contribution in [1.82, 2.24) is 5.32 Å². The average molecular weight is 390 g/mol. The van der Waals surface area contributed by atoms with E-state index in [4.69, 9.17) is 25.8 Å². The lowest BCUT2D eigenvalue weighted by Crippen LogP contribution is -2.31. The third-order valence-electron chi connectivity index (χ3n) is 4.34. The summed E-state index contributed by atoms with van der Waals surface area (Å²) in [4.78, 5) is 12.5. The normalized spacial score (nSPS) is 16.1. The molecular weight excluding hydrogens is 366 g/mol. The fourth-order valence-corrected chi connectivity index (χ4v) is 3.06. The Morgan fingerprint density at radius 1 is 1.22 bits per heavy atom. The second-order valence-corrected chi connectivity index (χ2v) is 6.78. The Balaban J connectivity index is 1.67. The molecule has 6 heteroatoms. The molecule has 1 amide bonds. The maximum Gasteiger partial charge on any atom is 0.251 e.